The summed E-state index contributed by atoms with van der Waals surface area (Å²) in [6.07, 6.45) is 15.7. The standard InChI is InChI=1S/C75H45NO9S3/c1-4-7-10-31-58-86-83-80-77-73(61-34-19-13-20-35-61,62-36-21-14-22-37-62)67-46-52-70(53-47-67)76(71-54-48-68(49-55-71)74(63-38-23-15-24-39-63,64-40-25-16-26-41-64)78-81-84-87-59-32-11-8-5-2)72-56-50-69(51-57-72)75(65-42-27-17-28-43-65,66-44-29-18-30-45-66)79-82-85-88-60-33-12-9-6-3/h1-3,13-30,34-57H. The molecule has 0 saturated heterocycles. The van der Waals surface area contributed by atoms with Crippen molar-refractivity contribution < 1.29 is 42.8 Å². The smallest absolute Gasteiger partial charge is 0.182 e. The Hall–Kier alpha value is -10.5. The predicted octanol–water partition coefficient (Wildman–Crippen LogP) is 15.4. The van der Waals surface area contributed by atoms with E-state index in [0.717, 1.165) is 50.4 Å². The molecule has 0 fully saturated rings. The highest BCUT2D eigenvalue weighted by molar-refractivity contribution is 7.99. The maximum absolute atomic E-state index is 6.45. The van der Waals surface area contributed by atoms with Crippen molar-refractivity contribution in [1.29, 1.82) is 0 Å². The first-order valence-electron chi connectivity index (χ1n) is 26.4. The Morgan fingerprint density at radius 1 is 0.250 bits per heavy atom. The van der Waals surface area contributed by atoms with Gasteiger partial charge in [0.25, 0.3) is 0 Å². The summed E-state index contributed by atoms with van der Waals surface area (Å²) in [5, 5.41) is 24.7. The minimum Gasteiger partial charge on any atom is -0.311 e. The van der Waals surface area contributed by atoms with Gasteiger partial charge in [0.1, 0.15) is 36.1 Å². The van der Waals surface area contributed by atoms with Crippen LogP contribution in [0, 0.1) is 106 Å². The molecule has 0 heterocycles. The lowest BCUT2D eigenvalue weighted by molar-refractivity contribution is -0.490. The predicted molar refractivity (Wildman–Crippen MR) is 345 cm³/mol. The maximum Gasteiger partial charge on any atom is 0.182 e. The van der Waals surface area contributed by atoms with Crippen LogP contribution in [-0.4, -0.2) is 0 Å². The molecule has 0 amide bonds. The second-order valence-corrected chi connectivity index (χ2v) is 19.5. The summed E-state index contributed by atoms with van der Waals surface area (Å²) < 4.78 is 16.2. The first-order valence-corrected chi connectivity index (χ1v) is 28.7. The van der Waals surface area contributed by atoms with E-state index in [2.05, 4.69) is 91.7 Å². The highest BCUT2D eigenvalue weighted by Gasteiger charge is 2.43. The third-order valence-corrected chi connectivity index (χ3v) is 14.1. The van der Waals surface area contributed by atoms with Crippen LogP contribution in [0.5, 0.6) is 0 Å². The van der Waals surface area contributed by atoms with Gasteiger partial charge < -0.3 is 4.90 Å². The highest BCUT2D eigenvalue weighted by atomic mass is 32.2. The second kappa shape index (κ2) is 32.7. The molecule has 0 aliphatic rings. The fourth-order valence-corrected chi connectivity index (χ4v) is 10.1. The summed E-state index contributed by atoms with van der Waals surface area (Å²) in [5.74, 6) is 29.4. The topological polar surface area (TPSA) is 86.3 Å². The maximum atomic E-state index is 6.45. The molecule has 9 aromatic rings. The third kappa shape index (κ3) is 15.1. The van der Waals surface area contributed by atoms with Crippen LogP contribution in [0.4, 0.5) is 17.1 Å². The fraction of sp³-hybridized carbons (Fsp3) is 0.0400. The molecule has 9 rings (SSSR count). The van der Waals surface area contributed by atoms with Gasteiger partial charge in [0.15, 0.2) is 16.8 Å². The van der Waals surface area contributed by atoms with Crippen molar-refractivity contribution >= 4 is 53.2 Å². The van der Waals surface area contributed by atoms with Crippen molar-refractivity contribution in [3.8, 4) is 106 Å². The summed E-state index contributed by atoms with van der Waals surface area (Å²) in [4.78, 5) is 21.5. The Bertz CT molecular complexity index is 3710. The van der Waals surface area contributed by atoms with Crippen molar-refractivity contribution in [2.24, 2.45) is 0 Å². The van der Waals surface area contributed by atoms with Crippen molar-refractivity contribution in [1.82, 2.24) is 0 Å². The van der Waals surface area contributed by atoms with Crippen LogP contribution < -0.4 is 4.90 Å². The minimum absolute atomic E-state index is 0.690. The van der Waals surface area contributed by atoms with Crippen LogP contribution in [-0.2, 0) is 59.6 Å². The Kier molecular flexibility index (Phi) is 23.1. The summed E-state index contributed by atoms with van der Waals surface area (Å²) in [5.41, 5.74) is 4.63. The Morgan fingerprint density at radius 3 is 0.659 bits per heavy atom. The SMILES string of the molecule is C#CC#CC#CSOOOC(c1ccccc1)(c1ccccc1)c1ccc(N(c2ccc(C(OOOSC#CC#CC#C)(c3ccccc3)c3ccccc3)cc2)c2ccc(C(OOOSC#CC#CC#C)(c3ccccc3)c3ccccc3)cc2)cc1. The number of benzene rings is 9. The molecule has 0 radical (unpaired) electrons. The Morgan fingerprint density at radius 2 is 0.455 bits per heavy atom. The number of hydrogen-bond donors (Lipinski definition) is 0. The van der Waals surface area contributed by atoms with Crippen LogP contribution in [0.25, 0.3) is 0 Å². The fourth-order valence-electron chi connectivity index (χ4n) is 9.58. The normalized spacial score (nSPS) is 10.5. The number of nitrogens with zero attached hydrogens (tertiary/aromatic N) is 1. The lowest BCUT2D eigenvalue weighted by Crippen LogP contribution is -2.33. The number of rotatable bonds is 24. The molecule has 0 atom stereocenters. The highest BCUT2D eigenvalue weighted by Crippen LogP contribution is 2.47. The van der Waals surface area contributed by atoms with Crippen molar-refractivity contribution in [2.45, 2.75) is 16.8 Å². The molecule has 0 aliphatic carbocycles. The van der Waals surface area contributed by atoms with Gasteiger partial charge in [0, 0.05) is 50.6 Å². The summed E-state index contributed by atoms with van der Waals surface area (Å²) >= 11 is 2.07. The summed E-state index contributed by atoms with van der Waals surface area (Å²) in [7, 11) is 0. The van der Waals surface area contributed by atoms with Gasteiger partial charge in [-0.05, 0) is 140 Å². The van der Waals surface area contributed by atoms with Gasteiger partial charge in [0.05, 0.1) is 0 Å². The van der Waals surface area contributed by atoms with Crippen LogP contribution in [0.15, 0.2) is 255 Å². The van der Waals surface area contributed by atoms with Gasteiger partial charge in [-0.3, -0.25) is 0 Å². The molecule has 0 saturated carbocycles. The van der Waals surface area contributed by atoms with Crippen LogP contribution in [0.3, 0.4) is 0 Å². The average molecular weight is 1200 g/mol. The van der Waals surface area contributed by atoms with E-state index in [9.17, 15) is 0 Å². The molecule has 0 unspecified atom stereocenters. The van der Waals surface area contributed by atoms with Crippen molar-refractivity contribution in [3.63, 3.8) is 0 Å². The number of anilines is 3. The molecule has 0 aromatic heterocycles. The molecular weight excluding hydrogens is 1160 g/mol. The lowest BCUT2D eigenvalue weighted by atomic mass is 9.80. The van der Waals surface area contributed by atoms with Crippen LogP contribution >= 0.6 is 36.1 Å². The lowest BCUT2D eigenvalue weighted by Gasteiger charge is -2.35. The van der Waals surface area contributed by atoms with Gasteiger partial charge >= 0.3 is 0 Å². The molecule has 422 valence electrons. The van der Waals surface area contributed by atoms with E-state index in [1.807, 2.05) is 255 Å². The largest absolute Gasteiger partial charge is 0.311 e. The molecule has 13 heteroatoms. The molecule has 9 aromatic carbocycles. The van der Waals surface area contributed by atoms with Gasteiger partial charge in [-0.25, -0.2) is 0 Å². The van der Waals surface area contributed by atoms with E-state index in [4.69, 9.17) is 62.0 Å². The average Bonchev–Trinajstić information content (AvgIpc) is 0.979. The van der Waals surface area contributed by atoms with Crippen molar-refractivity contribution in [3.05, 3.63) is 305 Å². The Labute approximate surface area is 525 Å². The van der Waals surface area contributed by atoms with E-state index >= 15 is 0 Å². The molecule has 0 aliphatic heterocycles. The van der Waals surface area contributed by atoms with E-state index in [-0.39, 0.29) is 0 Å². The third-order valence-electron chi connectivity index (χ3n) is 13.2. The Balaban J connectivity index is 1.18. The second-order valence-electron chi connectivity index (χ2n) is 18.0. The monoisotopic (exact) mass is 1200 g/mol. The molecular formula is C75H45NO9S3. The van der Waals surface area contributed by atoms with Crippen LogP contribution in [0.1, 0.15) is 50.1 Å². The first kappa shape index (κ1) is 62.1. The summed E-state index contributed by atoms with van der Waals surface area (Å²) in [6, 6.07) is 82.0. The van der Waals surface area contributed by atoms with Gasteiger partial charge in [-0.1, -0.05) is 234 Å². The molecule has 0 spiro atoms. The van der Waals surface area contributed by atoms with Gasteiger partial charge in [0.2, 0.25) is 0 Å². The quantitative estimate of drug-likeness (QED) is 0.0144. The van der Waals surface area contributed by atoms with Crippen molar-refractivity contribution in [2.75, 3.05) is 4.90 Å². The van der Waals surface area contributed by atoms with E-state index in [1.165, 1.54) is 0 Å². The zero-order valence-electron chi connectivity index (χ0n) is 46.3. The van der Waals surface area contributed by atoms with Gasteiger partial charge in [-0.15, -0.1) is 32.3 Å². The van der Waals surface area contributed by atoms with Gasteiger partial charge in [-0.2, -0.15) is 14.7 Å². The molecule has 88 heavy (non-hydrogen) atoms. The minimum atomic E-state index is -1.39. The summed E-state index contributed by atoms with van der Waals surface area (Å²) in [6.45, 7) is 0. The van der Waals surface area contributed by atoms with E-state index in [0.29, 0.717) is 52.8 Å². The van der Waals surface area contributed by atoms with Crippen LogP contribution in [0.2, 0.25) is 0 Å². The van der Waals surface area contributed by atoms with E-state index in [1.54, 1.807) is 0 Å². The first-order chi connectivity index (χ1) is 43.6. The van der Waals surface area contributed by atoms with E-state index < -0.39 is 16.8 Å². The zero-order chi connectivity index (χ0) is 60.8. The molecule has 0 bridgehead atoms. The zero-order valence-corrected chi connectivity index (χ0v) is 48.8. The molecule has 10 nitrogen and oxygen atoms in total. The number of terminal acetylenes is 3. The molecule has 0 N–H and O–H groups in total. The number of hydrogen-bond acceptors (Lipinski definition) is 13.